The van der Waals surface area contributed by atoms with Gasteiger partial charge in [-0.15, -0.1) is 0 Å². The van der Waals surface area contributed by atoms with Crippen LogP contribution in [0.1, 0.15) is 16.7 Å². The lowest BCUT2D eigenvalue weighted by Crippen LogP contribution is -1.97. The third kappa shape index (κ3) is 5.26. The van der Waals surface area contributed by atoms with Gasteiger partial charge >= 0.3 is 0 Å². The van der Waals surface area contributed by atoms with E-state index in [4.69, 9.17) is 6.57 Å². The summed E-state index contributed by atoms with van der Waals surface area (Å²) in [6.45, 7) is 7.84. The van der Waals surface area contributed by atoms with Crippen LogP contribution in [0, 0.1) is 40.6 Å². The van der Waals surface area contributed by atoms with Crippen molar-refractivity contribution in [1.29, 1.82) is 15.8 Å². The molecule has 0 atom stereocenters. The van der Waals surface area contributed by atoms with Crippen molar-refractivity contribution >= 4 is 27.5 Å². The van der Waals surface area contributed by atoms with Gasteiger partial charge in [-0.25, -0.2) is 4.85 Å². The first-order valence-corrected chi connectivity index (χ1v) is 16.3. The molecule has 1 heterocycles. The van der Waals surface area contributed by atoms with Crippen LogP contribution < -0.4 is 0 Å². The molecular formula is C46H25N5. The van der Waals surface area contributed by atoms with E-state index in [1.165, 1.54) is 0 Å². The molecule has 0 aliphatic rings. The first-order chi connectivity index (χ1) is 25.1. The Labute approximate surface area is 295 Å². The number of benzene rings is 7. The third-order valence-electron chi connectivity index (χ3n) is 9.32. The molecule has 1 aromatic heterocycles. The minimum atomic E-state index is 0.416. The van der Waals surface area contributed by atoms with Crippen LogP contribution in [0.3, 0.4) is 0 Å². The van der Waals surface area contributed by atoms with Gasteiger partial charge in [0.25, 0.3) is 0 Å². The van der Waals surface area contributed by atoms with Crippen LogP contribution >= 0.6 is 0 Å². The van der Waals surface area contributed by atoms with Crippen molar-refractivity contribution in [3.63, 3.8) is 0 Å². The molecule has 0 bridgehead atoms. The van der Waals surface area contributed by atoms with Crippen molar-refractivity contribution < 1.29 is 0 Å². The fourth-order valence-corrected chi connectivity index (χ4v) is 7.02. The minimum absolute atomic E-state index is 0.416. The molecule has 51 heavy (non-hydrogen) atoms. The summed E-state index contributed by atoms with van der Waals surface area (Å²) >= 11 is 0. The lowest BCUT2D eigenvalue weighted by molar-refractivity contribution is 1.18. The van der Waals surface area contributed by atoms with E-state index in [-0.39, 0.29) is 0 Å². The smallest absolute Gasteiger partial charge is 0.196 e. The number of hydrogen-bond acceptors (Lipinski definition) is 3. The van der Waals surface area contributed by atoms with Crippen LogP contribution in [0.2, 0.25) is 0 Å². The van der Waals surface area contributed by atoms with E-state index in [0.717, 1.165) is 60.9 Å². The van der Waals surface area contributed by atoms with E-state index >= 15 is 0 Å². The SMILES string of the molecule is [C-]#[N+]c1cccc(C#N)c1-c1ccc2c(c1)c1ccc(-c3c(C#N)cccc3C#N)cc1n2-c1cc(-c2ccccc2)cc(-c2ccccc2)c1. The van der Waals surface area contributed by atoms with Gasteiger partial charge in [0.05, 0.1) is 46.9 Å². The molecule has 0 saturated carbocycles. The summed E-state index contributed by atoms with van der Waals surface area (Å²) in [5.74, 6) is 0. The Morgan fingerprint density at radius 1 is 0.431 bits per heavy atom. The number of fused-ring (bicyclic) bond motifs is 3. The molecule has 0 saturated heterocycles. The van der Waals surface area contributed by atoms with Crippen LogP contribution in [0.5, 0.6) is 0 Å². The molecule has 5 nitrogen and oxygen atoms in total. The Morgan fingerprint density at radius 2 is 0.980 bits per heavy atom. The van der Waals surface area contributed by atoms with Gasteiger partial charge in [0, 0.05) is 33.2 Å². The summed E-state index contributed by atoms with van der Waals surface area (Å²) in [6.07, 6.45) is 0. The number of hydrogen-bond donors (Lipinski definition) is 0. The maximum Gasteiger partial charge on any atom is 0.196 e. The lowest BCUT2D eigenvalue weighted by atomic mass is 9.94. The Kier molecular flexibility index (Phi) is 7.64. The second-order valence-electron chi connectivity index (χ2n) is 12.2. The van der Waals surface area contributed by atoms with Crippen molar-refractivity contribution in [3.8, 4) is 68.4 Å². The number of aromatic nitrogens is 1. The van der Waals surface area contributed by atoms with Gasteiger partial charge in [-0.2, -0.15) is 15.8 Å². The van der Waals surface area contributed by atoms with E-state index in [0.29, 0.717) is 33.5 Å². The highest BCUT2D eigenvalue weighted by atomic mass is 15.0. The van der Waals surface area contributed by atoms with Crippen LogP contribution in [0.25, 0.3) is 76.8 Å². The summed E-state index contributed by atoms with van der Waals surface area (Å²) in [7, 11) is 0. The van der Waals surface area contributed by atoms with Gasteiger partial charge in [0.2, 0.25) is 0 Å². The molecule has 7 aromatic carbocycles. The summed E-state index contributed by atoms with van der Waals surface area (Å²) in [5, 5.41) is 32.0. The van der Waals surface area contributed by atoms with Crippen LogP contribution in [0.4, 0.5) is 5.69 Å². The topological polar surface area (TPSA) is 80.7 Å². The van der Waals surface area contributed by atoms with E-state index in [2.05, 4.69) is 82.2 Å². The minimum Gasteiger partial charge on any atom is -0.309 e. The molecule has 5 heteroatoms. The molecule has 0 N–H and O–H groups in total. The van der Waals surface area contributed by atoms with Crippen molar-refractivity contribution in [2.45, 2.75) is 0 Å². The van der Waals surface area contributed by atoms with Gasteiger partial charge in [-0.1, -0.05) is 97.1 Å². The monoisotopic (exact) mass is 647 g/mol. The molecule has 234 valence electrons. The van der Waals surface area contributed by atoms with E-state index < -0.39 is 0 Å². The average Bonchev–Trinajstić information content (AvgIpc) is 3.53. The number of nitrogens with zero attached hydrogens (tertiary/aromatic N) is 5. The van der Waals surface area contributed by atoms with E-state index in [1.807, 2.05) is 60.7 Å². The molecule has 0 aliphatic heterocycles. The highest BCUT2D eigenvalue weighted by Gasteiger charge is 2.20. The average molecular weight is 648 g/mol. The largest absolute Gasteiger partial charge is 0.309 e. The first kappa shape index (κ1) is 30.6. The molecule has 0 radical (unpaired) electrons. The molecule has 0 spiro atoms. The predicted molar refractivity (Wildman–Crippen MR) is 203 cm³/mol. The van der Waals surface area contributed by atoms with Gasteiger partial charge in [0.15, 0.2) is 5.69 Å². The van der Waals surface area contributed by atoms with E-state index in [9.17, 15) is 15.8 Å². The summed E-state index contributed by atoms with van der Waals surface area (Å²) < 4.78 is 2.23. The number of rotatable bonds is 5. The molecule has 0 aliphatic carbocycles. The van der Waals surface area contributed by atoms with Crippen molar-refractivity contribution in [2.75, 3.05) is 0 Å². The zero-order valence-electron chi connectivity index (χ0n) is 27.2. The summed E-state index contributed by atoms with van der Waals surface area (Å²) in [4.78, 5) is 3.75. The number of nitriles is 3. The van der Waals surface area contributed by atoms with Crippen molar-refractivity contribution in [3.05, 3.63) is 180 Å². The van der Waals surface area contributed by atoms with Crippen molar-refractivity contribution in [2.24, 2.45) is 0 Å². The highest BCUT2D eigenvalue weighted by molar-refractivity contribution is 6.12. The van der Waals surface area contributed by atoms with Crippen molar-refractivity contribution in [1.82, 2.24) is 4.57 Å². The highest BCUT2D eigenvalue weighted by Crippen LogP contribution is 2.42. The Morgan fingerprint density at radius 3 is 1.57 bits per heavy atom. The van der Waals surface area contributed by atoms with Gasteiger partial charge in [0.1, 0.15) is 0 Å². The second-order valence-corrected chi connectivity index (χ2v) is 12.2. The maximum atomic E-state index is 10.1. The van der Waals surface area contributed by atoms with Gasteiger partial charge < -0.3 is 4.57 Å². The molecule has 0 fully saturated rings. The summed E-state index contributed by atoms with van der Waals surface area (Å²) in [6, 6.07) is 56.5. The Hall–Kier alpha value is -7.70. The zero-order chi connectivity index (χ0) is 34.9. The quantitative estimate of drug-likeness (QED) is 0.174. The molecule has 0 amide bonds. The third-order valence-corrected chi connectivity index (χ3v) is 9.32. The van der Waals surface area contributed by atoms with Gasteiger partial charge in [-0.3, -0.25) is 0 Å². The van der Waals surface area contributed by atoms with Crippen LogP contribution in [0.15, 0.2) is 152 Å². The zero-order valence-corrected chi connectivity index (χ0v) is 27.2. The fourth-order valence-electron chi connectivity index (χ4n) is 7.02. The normalized spacial score (nSPS) is 10.7. The molecule has 8 aromatic rings. The molecular weight excluding hydrogens is 623 g/mol. The lowest BCUT2D eigenvalue weighted by Gasteiger charge is -2.15. The first-order valence-electron chi connectivity index (χ1n) is 16.3. The standard InChI is InChI=1S/C46H25N5/c1-50-42-17-9-16-36(29-49)46(42)32-19-21-43-41(25-32)40-20-18-33(45-34(27-47)14-8-15-35(45)28-48)26-44(40)51(43)39-23-37(30-10-4-2-5-11-30)22-38(24-39)31-12-6-3-7-13-31/h2-26H. The fraction of sp³-hybridized carbons (Fsp3) is 0. The Balaban J connectivity index is 1.48. The van der Waals surface area contributed by atoms with Gasteiger partial charge in [-0.05, 0) is 88.0 Å². The summed E-state index contributed by atoms with van der Waals surface area (Å²) in [5.41, 5.74) is 11.5. The maximum absolute atomic E-state index is 10.1. The molecule has 8 rings (SSSR count). The predicted octanol–water partition coefficient (Wildman–Crippen LogP) is 11.6. The molecule has 0 unspecified atom stereocenters. The Bertz CT molecular complexity index is 2710. The second kappa shape index (κ2) is 12.7. The van der Waals surface area contributed by atoms with Crippen LogP contribution in [-0.4, -0.2) is 4.57 Å². The van der Waals surface area contributed by atoms with Crippen LogP contribution in [-0.2, 0) is 0 Å². The van der Waals surface area contributed by atoms with E-state index in [1.54, 1.807) is 36.4 Å².